The number of hydrogen-bond donors (Lipinski definition) is 1. The van der Waals surface area contributed by atoms with Gasteiger partial charge in [0.2, 0.25) is 5.91 Å². The average Bonchev–Trinajstić information content (AvgIpc) is 2.75. The topological polar surface area (TPSA) is 20.3 Å². The fraction of sp³-hybridized carbons (Fsp3) is 0.923. The van der Waals surface area contributed by atoms with E-state index in [0.717, 1.165) is 19.4 Å². The lowest BCUT2D eigenvalue weighted by Crippen LogP contribution is -2.49. The van der Waals surface area contributed by atoms with Crippen LogP contribution >= 0.6 is 12.6 Å². The van der Waals surface area contributed by atoms with Gasteiger partial charge in [0.25, 0.3) is 0 Å². The van der Waals surface area contributed by atoms with Crippen molar-refractivity contribution in [2.24, 2.45) is 5.92 Å². The first kappa shape index (κ1) is 13.2. The fourth-order valence-corrected chi connectivity index (χ4v) is 3.33. The predicted molar refractivity (Wildman–Crippen MR) is 70.0 cm³/mol. The molecule has 2 rings (SSSR count). The van der Waals surface area contributed by atoms with Gasteiger partial charge in [-0.1, -0.05) is 13.8 Å². The molecular formula is C13H22FNOS. The highest BCUT2D eigenvalue weighted by Gasteiger charge is 2.59. The van der Waals surface area contributed by atoms with Crippen LogP contribution in [-0.2, 0) is 4.79 Å². The summed E-state index contributed by atoms with van der Waals surface area (Å²) in [6, 6.07) is 0.253. The van der Waals surface area contributed by atoms with Crippen LogP contribution in [0.15, 0.2) is 0 Å². The van der Waals surface area contributed by atoms with Crippen molar-refractivity contribution in [2.45, 2.75) is 62.9 Å². The second-order valence-corrected chi connectivity index (χ2v) is 7.30. The summed E-state index contributed by atoms with van der Waals surface area (Å²) in [5.74, 6) is -0.631. The van der Waals surface area contributed by atoms with E-state index in [2.05, 4.69) is 12.6 Å². The van der Waals surface area contributed by atoms with Gasteiger partial charge in [-0.3, -0.25) is 4.79 Å². The molecule has 0 spiro atoms. The third kappa shape index (κ3) is 2.47. The summed E-state index contributed by atoms with van der Waals surface area (Å²) in [5, 5.41) is 0. The Morgan fingerprint density at radius 1 is 1.53 bits per heavy atom. The summed E-state index contributed by atoms with van der Waals surface area (Å²) in [6.07, 6.45) is 3.09. The summed E-state index contributed by atoms with van der Waals surface area (Å²) in [6.45, 7) is 6.51. The number of amides is 1. The molecular weight excluding hydrogens is 237 g/mol. The number of halogens is 1. The molecule has 4 heteroatoms. The van der Waals surface area contributed by atoms with Gasteiger partial charge in [0, 0.05) is 17.3 Å². The van der Waals surface area contributed by atoms with Crippen LogP contribution < -0.4 is 0 Å². The Morgan fingerprint density at radius 2 is 2.12 bits per heavy atom. The molecule has 2 atom stereocenters. The zero-order chi connectivity index (χ0) is 12.8. The molecule has 1 amide bonds. The summed E-state index contributed by atoms with van der Waals surface area (Å²) in [4.78, 5) is 14.4. The standard InChI is InChI=1S/C13H22FNOS/c1-9-5-4-8-15(9)11(16)10(12(2,3)17)13(14)6-7-13/h9-10,17H,4-8H2,1-3H3. The van der Waals surface area contributed by atoms with Crippen LogP contribution in [0.3, 0.4) is 0 Å². The van der Waals surface area contributed by atoms with E-state index in [9.17, 15) is 9.18 Å². The molecule has 1 aliphatic heterocycles. The first-order chi connectivity index (χ1) is 7.76. The van der Waals surface area contributed by atoms with Gasteiger partial charge in [-0.2, -0.15) is 12.6 Å². The van der Waals surface area contributed by atoms with E-state index >= 15 is 0 Å². The first-order valence-electron chi connectivity index (χ1n) is 6.47. The van der Waals surface area contributed by atoms with Gasteiger partial charge in [-0.05, 0) is 32.6 Å². The number of thiol groups is 1. The monoisotopic (exact) mass is 259 g/mol. The number of alkyl halides is 1. The van der Waals surface area contributed by atoms with Crippen molar-refractivity contribution in [3.05, 3.63) is 0 Å². The summed E-state index contributed by atoms with van der Waals surface area (Å²) < 4.78 is 13.8. The molecule has 1 aliphatic carbocycles. The molecule has 0 aromatic rings. The van der Waals surface area contributed by atoms with Crippen LogP contribution in [0.4, 0.5) is 4.39 Å². The Labute approximate surface area is 108 Å². The van der Waals surface area contributed by atoms with Crippen LogP contribution in [0.25, 0.3) is 0 Å². The number of hydrogen-bond acceptors (Lipinski definition) is 2. The van der Waals surface area contributed by atoms with Gasteiger partial charge in [-0.25, -0.2) is 4.39 Å². The van der Waals surface area contributed by atoms with E-state index in [0.29, 0.717) is 12.8 Å². The normalized spacial score (nSPS) is 29.2. The molecule has 0 aromatic carbocycles. The lowest BCUT2D eigenvalue weighted by atomic mass is 9.86. The number of nitrogens with zero attached hydrogens (tertiary/aromatic N) is 1. The molecule has 17 heavy (non-hydrogen) atoms. The maximum atomic E-state index is 14.4. The lowest BCUT2D eigenvalue weighted by molar-refractivity contribution is -0.140. The Bertz CT molecular complexity index is 317. The molecule has 1 saturated carbocycles. The number of likely N-dealkylation sites (tertiary alicyclic amines) is 1. The minimum absolute atomic E-state index is 0.0324. The largest absolute Gasteiger partial charge is 0.340 e. The fourth-order valence-electron chi connectivity index (χ4n) is 2.99. The van der Waals surface area contributed by atoms with Crippen molar-refractivity contribution < 1.29 is 9.18 Å². The lowest BCUT2D eigenvalue weighted by Gasteiger charge is -2.36. The van der Waals surface area contributed by atoms with E-state index in [1.165, 1.54) is 0 Å². The molecule has 0 bridgehead atoms. The molecule has 0 radical (unpaired) electrons. The third-order valence-electron chi connectivity index (χ3n) is 4.03. The molecule has 98 valence electrons. The average molecular weight is 259 g/mol. The van der Waals surface area contributed by atoms with E-state index in [1.54, 1.807) is 0 Å². The van der Waals surface area contributed by atoms with Crippen molar-refractivity contribution in [3.63, 3.8) is 0 Å². The van der Waals surface area contributed by atoms with Gasteiger partial charge >= 0.3 is 0 Å². The Balaban J connectivity index is 2.19. The molecule has 2 unspecified atom stereocenters. The molecule has 2 nitrogen and oxygen atoms in total. The quantitative estimate of drug-likeness (QED) is 0.773. The maximum absolute atomic E-state index is 14.4. The highest BCUT2D eigenvalue weighted by molar-refractivity contribution is 7.81. The Morgan fingerprint density at radius 3 is 2.47 bits per heavy atom. The first-order valence-corrected chi connectivity index (χ1v) is 6.92. The van der Waals surface area contributed by atoms with Crippen LogP contribution in [0.2, 0.25) is 0 Å². The van der Waals surface area contributed by atoms with E-state index in [1.807, 2.05) is 25.7 Å². The number of carbonyl (C=O) groups is 1. The van der Waals surface area contributed by atoms with Gasteiger partial charge < -0.3 is 4.90 Å². The highest BCUT2D eigenvalue weighted by Crippen LogP contribution is 2.52. The summed E-state index contributed by atoms with van der Waals surface area (Å²) in [7, 11) is 0. The van der Waals surface area contributed by atoms with Crippen molar-refractivity contribution in [2.75, 3.05) is 6.54 Å². The maximum Gasteiger partial charge on any atom is 0.230 e. The van der Waals surface area contributed by atoms with Crippen molar-refractivity contribution >= 4 is 18.5 Å². The summed E-state index contributed by atoms with van der Waals surface area (Å²) in [5.41, 5.74) is -1.30. The van der Waals surface area contributed by atoms with Crippen LogP contribution in [0.5, 0.6) is 0 Å². The predicted octanol–water partition coefficient (Wildman–Crippen LogP) is 2.82. The SMILES string of the molecule is CC1CCCN1C(=O)C(C(C)(C)S)C1(F)CC1. The molecule has 2 aliphatic rings. The minimum atomic E-state index is -1.30. The highest BCUT2D eigenvalue weighted by atomic mass is 32.1. The number of carbonyl (C=O) groups excluding carboxylic acids is 1. The summed E-state index contributed by atoms with van der Waals surface area (Å²) >= 11 is 4.46. The second-order valence-electron chi connectivity index (χ2n) is 6.14. The van der Waals surface area contributed by atoms with Gasteiger partial charge in [0.1, 0.15) is 5.67 Å². The van der Waals surface area contributed by atoms with Crippen molar-refractivity contribution in [1.29, 1.82) is 0 Å². The zero-order valence-corrected chi connectivity index (χ0v) is 11.8. The van der Waals surface area contributed by atoms with E-state index in [4.69, 9.17) is 0 Å². The minimum Gasteiger partial charge on any atom is -0.340 e. The number of rotatable bonds is 3. The third-order valence-corrected chi connectivity index (χ3v) is 4.29. The molecule has 2 fully saturated rings. The van der Waals surface area contributed by atoms with Crippen LogP contribution in [0, 0.1) is 5.92 Å². The van der Waals surface area contributed by atoms with Gasteiger partial charge in [0.15, 0.2) is 0 Å². The van der Waals surface area contributed by atoms with Gasteiger partial charge in [0.05, 0.1) is 5.92 Å². The van der Waals surface area contributed by atoms with Crippen LogP contribution in [-0.4, -0.2) is 33.8 Å². The molecule has 1 heterocycles. The van der Waals surface area contributed by atoms with E-state index < -0.39 is 16.3 Å². The molecule has 0 aromatic heterocycles. The van der Waals surface area contributed by atoms with Crippen LogP contribution in [0.1, 0.15) is 46.5 Å². The van der Waals surface area contributed by atoms with E-state index in [-0.39, 0.29) is 11.9 Å². The van der Waals surface area contributed by atoms with Crippen molar-refractivity contribution in [1.82, 2.24) is 4.90 Å². The Hall–Kier alpha value is -0.250. The van der Waals surface area contributed by atoms with Gasteiger partial charge in [-0.15, -0.1) is 0 Å². The Kier molecular flexibility index (Phi) is 3.22. The molecule has 0 N–H and O–H groups in total. The zero-order valence-electron chi connectivity index (χ0n) is 10.9. The van der Waals surface area contributed by atoms with Crippen molar-refractivity contribution in [3.8, 4) is 0 Å². The second kappa shape index (κ2) is 4.15. The molecule has 1 saturated heterocycles. The smallest absolute Gasteiger partial charge is 0.230 e.